The van der Waals surface area contributed by atoms with Crippen LogP contribution in [0.1, 0.15) is 43.2 Å². The molecule has 0 radical (unpaired) electrons. The van der Waals surface area contributed by atoms with Crippen molar-refractivity contribution in [1.82, 2.24) is 20.0 Å². The fourth-order valence-electron chi connectivity index (χ4n) is 4.02. The molecule has 1 aromatic heterocycles. The smallest absolute Gasteiger partial charge is 0.193 e. The zero-order valence-corrected chi connectivity index (χ0v) is 19.7. The average molecular weight is 514 g/mol. The number of halogens is 2. The van der Waals surface area contributed by atoms with Crippen LogP contribution in [0.3, 0.4) is 0 Å². The van der Waals surface area contributed by atoms with Crippen molar-refractivity contribution in [1.29, 1.82) is 0 Å². The minimum Gasteiger partial charge on any atom is -0.357 e. The van der Waals surface area contributed by atoms with Gasteiger partial charge in [0.05, 0.1) is 12.7 Å². The lowest BCUT2D eigenvalue weighted by Gasteiger charge is -2.23. The standard InChI is InChI=1S/C21H28ClN5.HI/c1-3-23-20(27-11-8-16(14-27)17-12-25-26(2)13-17)24-15-21(9-10-21)18-4-6-19(22)7-5-18;/h4-7,12-13,16H,3,8-11,14-15H2,1-2H3,(H,23,24);1H. The molecule has 1 aliphatic heterocycles. The molecule has 7 heteroatoms. The molecular formula is C21H29ClIN5. The van der Waals surface area contributed by atoms with Gasteiger partial charge in [0, 0.05) is 49.2 Å². The van der Waals surface area contributed by atoms with Crippen molar-refractivity contribution in [2.24, 2.45) is 12.0 Å². The van der Waals surface area contributed by atoms with Gasteiger partial charge in [0.25, 0.3) is 0 Å². The first-order valence-electron chi connectivity index (χ1n) is 9.87. The monoisotopic (exact) mass is 513 g/mol. The summed E-state index contributed by atoms with van der Waals surface area (Å²) in [6.45, 7) is 5.91. The van der Waals surface area contributed by atoms with Gasteiger partial charge >= 0.3 is 0 Å². The molecule has 0 amide bonds. The van der Waals surface area contributed by atoms with Crippen molar-refractivity contribution in [2.45, 2.75) is 37.5 Å². The third kappa shape index (κ3) is 4.64. The number of aryl methyl sites for hydroxylation is 1. The third-order valence-electron chi connectivity index (χ3n) is 5.86. The van der Waals surface area contributed by atoms with E-state index in [1.54, 1.807) is 0 Å². The molecule has 152 valence electrons. The normalized spacial score (nSPS) is 20.8. The van der Waals surface area contributed by atoms with Crippen molar-refractivity contribution in [2.75, 3.05) is 26.2 Å². The van der Waals surface area contributed by atoms with Crippen molar-refractivity contribution in [3.63, 3.8) is 0 Å². The van der Waals surface area contributed by atoms with Crippen LogP contribution in [0, 0.1) is 0 Å². The topological polar surface area (TPSA) is 45.5 Å². The summed E-state index contributed by atoms with van der Waals surface area (Å²) in [5.41, 5.74) is 2.89. The van der Waals surface area contributed by atoms with E-state index in [1.165, 1.54) is 24.0 Å². The van der Waals surface area contributed by atoms with E-state index in [-0.39, 0.29) is 29.4 Å². The van der Waals surface area contributed by atoms with Crippen LogP contribution in [-0.4, -0.2) is 46.8 Å². The molecule has 2 heterocycles. The number of guanidine groups is 1. The zero-order valence-electron chi connectivity index (χ0n) is 16.6. The predicted octanol–water partition coefficient (Wildman–Crippen LogP) is 4.18. The summed E-state index contributed by atoms with van der Waals surface area (Å²) in [7, 11) is 1.98. The van der Waals surface area contributed by atoms with Crippen LogP contribution in [0.25, 0.3) is 0 Å². The molecule has 1 saturated heterocycles. The minimum atomic E-state index is 0. The van der Waals surface area contributed by atoms with Gasteiger partial charge < -0.3 is 10.2 Å². The number of aliphatic imine (C=N–C) groups is 1. The lowest BCUT2D eigenvalue weighted by atomic mass is 9.96. The molecule has 1 aromatic carbocycles. The Bertz CT molecular complexity index is 812. The Labute approximate surface area is 189 Å². The molecule has 1 unspecified atom stereocenters. The number of benzene rings is 1. The molecule has 0 spiro atoms. The van der Waals surface area contributed by atoms with Gasteiger partial charge in [0.15, 0.2) is 5.96 Å². The van der Waals surface area contributed by atoms with Crippen LogP contribution in [0.15, 0.2) is 41.7 Å². The van der Waals surface area contributed by atoms with E-state index >= 15 is 0 Å². The third-order valence-corrected chi connectivity index (χ3v) is 6.11. The van der Waals surface area contributed by atoms with Gasteiger partial charge in [-0.1, -0.05) is 23.7 Å². The van der Waals surface area contributed by atoms with Crippen molar-refractivity contribution in [3.8, 4) is 0 Å². The van der Waals surface area contributed by atoms with Crippen molar-refractivity contribution in [3.05, 3.63) is 52.8 Å². The molecule has 1 saturated carbocycles. The number of aromatic nitrogens is 2. The predicted molar refractivity (Wildman–Crippen MR) is 126 cm³/mol. The van der Waals surface area contributed by atoms with Gasteiger partial charge in [-0.05, 0) is 49.4 Å². The maximum atomic E-state index is 6.05. The highest BCUT2D eigenvalue weighted by Gasteiger charge is 2.44. The molecule has 28 heavy (non-hydrogen) atoms. The number of likely N-dealkylation sites (tertiary alicyclic amines) is 1. The molecule has 5 nitrogen and oxygen atoms in total. The molecular weight excluding hydrogens is 485 g/mol. The fraction of sp³-hybridized carbons (Fsp3) is 0.524. The molecule has 1 N–H and O–H groups in total. The van der Waals surface area contributed by atoms with Gasteiger partial charge in [-0.3, -0.25) is 9.67 Å². The highest BCUT2D eigenvalue weighted by atomic mass is 127. The quantitative estimate of drug-likeness (QED) is 0.371. The number of nitrogens with zero attached hydrogens (tertiary/aromatic N) is 4. The summed E-state index contributed by atoms with van der Waals surface area (Å²) in [4.78, 5) is 7.44. The van der Waals surface area contributed by atoms with Crippen LogP contribution in [-0.2, 0) is 12.5 Å². The van der Waals surface area contributed by atoms with Gasteiger partial charge in [0.2, 0.25) is 0 Å². The van der Waals surface area contributed by atoms with Crippen LogP contribution in [0.5, 0.6) is 0 Å². The summed E-state index contributed by atoms with van der Waals surface area (Å²) >= 11 is 6.05. The van der Waals surface area contributed by atoms with Crippen molar-refractivity contribution < 1.29 is 0 Å². The Morgan fingerprint density at radius 2 is 2.07 bits per heavy atom. The zero-order chi connectivity index (χ0) is 18.9. The number of hydrogen-bond acceptors (Lipinski definition) is 2. The summed E-state index contributed by atoms with van der Waals surface area (Å²) in [5, 5.41) is 8.62. The summed E-state index contributed by atoms with van der Waals surface area (Å²) < 4.78 is 1.89. The molecule has 2 fully saturated rings. The van der Waals surface area contributed by atoms with Crippen molar-refractivity contribution >= 4 is 41.5 Å². The van der Waals surface area contributed by atoms with E-state index in [9.17, 15) is 0 Å². The van der Waals surface area contributed by atoms with E-state index in [4.69, 9.17) is 16.6 Å². The number of hydrogen-bond donors (Lipinski definition) is 1. The lowest BCUT2D eigenvalue weighted by molar-refractivity contribution is 0.483. The Balaban J connectivity index is 0.00000225. The molecule has 2 aromatic rings. The maximum Gasteiger partial charge on any atom is 0.193 e. The second-order valence-electron chi connectivity index (χ2n) is 7.84. The second-order valence-corrected chi connectivity index (χ2v) is 8.27. The Morgan fingerprint density at radius 1 is 1.32 bits per heavy atom. The maximum absolute atomic E-state index is 6.05. The second kappa shape index (κ2) is 9.03. The largest absolute Gasteiger partial charge is 0.357 e. The SMILES string of the molecule is CCNC(=NCC1(c2ccc(Cl)cc2)CC1)N1CCC(c2cnn(C)c2)C1.I. The first-order chi connectivity index (χ1) is 13.1. The minimum absolute atomic E-state index is 0. The molecule has 1 aliphatic carbocycles. The lowest BCUT2D eigenvalue weighted by Crippen LogP contribution is -2.40. The van der Waals surface area contributed by atoms with E-state index < -0.39 is 0 Å². The fourth-order valence-corrected chi connectivity index (χ4v) is 4.15. The van der Waals surface area contributed by atoms with Gasteiger partial charge in [-0.25, -0.2) is 0 Å². The molecule has 1 atom stereocenters. The average Bonchev–Trinajstić information content (AvgIpc) is 3.08. The first kappa shape index (κ1) is 21.4. The van der Waals surface area contributed by atoms with E-state index in [2.05, 4.69) is 40.6 Å². The highest BCUT2D eigenvalue weighted by Crippen LogP contribution is 2.48. The van der Waals surface area contributed by atoms with Crippen LogP contribution in [0.2, 0.25) is 5.02 Å². The van der Waals surface area contributed by atoms with Gasteiger partial charge in [0.1, 0.15) is 0 Å². The number of nitrogens with one attached hydrogen (secondary N) is 1. The van der Waals surface area contributed by atoms with E-state index in [0.29, 0.717) is 5.92 Å². The van der Waals surface area contributed by atoms with E-state index in [0.717, 1.165) is 43.6 Å². The van der Waals surface area contributed by atoms with Crippen LogP contribution in [0.4, 0.5) is 0 Å². The Hall–Kier alpha value is -1.28. The first-order valence-corrected chi connectivity index (χ1v) is 10.3. The molecule has 2 aliphatic rings. The summed E-state index contributed by atoms with van der Waals surface area (Å²) in [5.74, 6) is 1.58. The Kier molecular flexibility index (Phi) is 6.91. The van der Waals surface area contributed by atoms with Crippen LogP contribution < -0.4 is 5.32 Å². The summed E-state index contributed by atoms with van der Waals surface area (Å²) in [6.07, 6.45) is 7.69. The molecule has 0 bridgehead atoms. The Morgan fingerprint density at radius 3 is 2.68 bits per heavy atom. The van der Waals surface area contributed by atoms with E-state index in [1.807, 2.05) is 30.1 Å². The highest BCUT2D eigenvalue weighted by molar-refractivity contribution is 14.0. The van der Waals surface area contributed by atoms with Gasteiger partial charge in [-0.2, -0.15) is 5.10 Å². The summed E-state index contributed by atoms with van der Waals surface area (Å²) in [6, 6.07) is 8.30. The van der Waals surface area contributed by atoms with Gasteiger partial charge in [-0.15, -0.1) is 24.0 Å². The number of rotatable bonds is 5. The molecule has 4 rings (SSSR count). The van der Waals surface area contributed by atoms with Crippen LogP contribution >= 0.6 is 35.6 Å².